The first-order chi connectivity index (χ1) is 15.2. The van der Waals surface area contributed by atoms with Crippen LogP contribution in [0.15, 0.2) is 71.6 Å². The van der Waals surface area contributed by atoms with Crippen LogP contribution in [0.5, 0.6) is 5.75 Å². The summed E-state index contributed by atoms with van der Waals surface area (Å²) in [4.78, 5) is 13.3. The van der Waals surface area contributed by atoms with E-state index in [9.17, 15) is 13.2 Å². The van der Waals surface area contributed by atoms with Crippen molar-refractivity contribution in [2.24, 2.45) is 0 Å². The van der Waals surface area contributed by atoms with Crippen molar-refractivity contribution in [1.82, 2.24) is 4.72 Å². The maximum atomic E-state index is 13.3. The molecule has 3 aromatic carbocycles. The fraction of sp³-hybridized carbons (Fsp3) is 0.240. The van der Waals surface area contributed by atoms with Gasteiger partial charge in [-0.1, -0.05) is 48.0 Å². The molecule has 0 aliphatic heterocycles. The van der Waals surface area contributed by atoms with Gasteiger partial charge >= 0.3 is 0 Å². The van der Waals surface area contributed by atoms with Crippen LogP contribution in [0.2, 0.25) is 0 Å². The number of aryl methyl sites for hydroxylation is 3. The molecule has 3 rings (SSSR count). The van der Waals surface area contributed by atoms with Crippen molar-refractivity contribution >= 4 is 21.6 Å². The van der Waals surface area contributed by atoms with E-state index in [2.05, 4.69) is 10.0 Å². The van der Waals surface area contributed by atoms with Crippen LogP contribution in [0.25, 0.3) is 0 Å². The average Bonchev–Trinajstić information content (AvgIpc) is 2.73. The van der Waals surface area contributed by atoms with E-state index in [1.807, 2.05) is 49.4 Å². The molecule has 168 valence electrons. The van der Waals surface area contributed by atoms with Gasteiger partial charge in [-0.25, -0.2) is 8.42 Å². The molecular formula is C25H28N2O4S. The zero-order valence-corrected chi connectivity index (χ0v) is 19.5. The van der Waals surface area contributed by atoms with Crippen molar-refractivity contribution in [3.63, 3.8) is 0 Å². The fourth-order valence-electron chi connectivity index (χ4n) is 3.78. The zero-order chi connectivity index (χ0) is 23.3. The highest BCUT2D eigenvalue weighted by Crippen LogP contribution is 2.23. The van der Waals surface area contributed by atoms with Crippen LogP contribution in [-0.2, 0) is 21.2 Å². The summed E-state index contributed by atoms with van der Waals surface area (Å²) in [6, 6.07) is 18.8. The van der Waals surface area contributed by atoms with E-state index in [0.717, 1.165) is 11.1 Å². The summed E-state index contributed by atoms with van der Waals surface area (Å²) in [6.45, 7) is 5.45. The number of sulfonamides is 1. The molecule has 1 unspecified atom stereocenters. The van der Waals surface area contributed by atoms with Crippen molar-refractivity contribution in [3.05, 3.63) is 89.0 Å². The second-order valence-electron chi connectivity index (χ2n) is 7.81. The molecule has 0 saturated heterocycles. The number of amides is 1. The zero-order valence-electron chi connectivity index (χ0n) is 18.7. The van der Waals surface area contributed by atoms with E-state index >= 15 is 0 Å². The van der Waals surface area contributed by atoms with Gasteiger partial charge in [0.15, 0.2) is 0 Å². The van der Waals surface area contributed by atoms with Crippen LogP contribution in [0, 0.1) is 20.8 Å². The number of benzene rings is 3. The molecule has 0 radical (unpaired) electrons. The summed E-state index contributed by atoms with van der Waals surface area (Å²) in [7, 11) is -2.37. The predicted octanol–water partition coefficient (Wildman–Crippen LogP) is 4.15. The van der Waals surface area contributed by atoms with E-state index in [4.69, 9.17) is 4.74 Å². The van der Waals surface area contributed by atoms with Gasteiger partial charge in [0.1, 0.15) is 11.8 Å². The summed E-state index contributed by atoms with van der Waals surface area (Å²) < 4.78 is 34.4. The van der Waals surface area contributed by atoms with E-state index < -0.39 is 22.0 Å². The van der Waals surface area contributed by atoms with Crippen molar-refractivity contribution in [2.75, 3.05) is 12.4 Å². The van der Waals surface area contributed by atoms with Gasteiger partial charge in [-0.3, -0.25) is 4.79 Å². The predicted molar refractivity (Wildman–Crippen MR) is 127 cm³/mol. The number of rotatable bonds is 8. The SMILES string of the molecule is COc1ccc(NC(=O)C(Cc2ccccc2)NS(=O)(=O)c2c(C)cc(C)cc2C)cc1. The highest BCUT2D eigenvalue weighted by Gasteiger charge is 2.28. The standard InChI is InChI=1S/C25H28N2O4S/c1-17-14-18(2)24(19(3)15-17)32(29,30)27-23(16-20-8-6-5-7-9-20)25(28)26-21-10-12-22(31-4)13-11-21/h5-15,23,27H,16H2,1-4H3,(H,26,28). The molecule has 6 nitrogen and oxygen atoms in total. The smallest absolute Gasteiger partial charge is 0.242 e. The van der Waals surface area contributed by atoms with Crippen LogP contribution in [0.4, 0.5) is 5.69 Å². The lowest BCUT2D eigenvalue weighted by Gasteiger charge is -2.21. The summed E-state index contributed by atoms with van der Waals surface area (Å²) in [5.74, 6) is 0.222. The molecule has 2 N–H and O–H groups in total. The molecule has 0 aliphatic rings. The topological polar surface area (TPSA) is 84.5 Å². The van der Waals surface area contributed by atoms with E-state index in [1.165, 1.54) is 0 Å². The molecule has 0 bridgehead atoms. The third kappa shape index (κ3) is 5.75. The van der Waals surface area contributed by atoms with Gasteiger partial charge in [-0.2, -0.15) is 4.72 Å². The number of carbonyl (C=O) groups excluding carboxylic acids is 1. The Morgan fingerprint density at radius 1 is 0.938 bits per heavy atom. The van der Waals surface area contributed by atoms with Gasteiger partial charge in [0.2, 0.25) is 15.9 Å². The van der Waals surface area contributed by atoms with Crippen molar-refractivity contribution in [1.29, 1.82) is 0 Å². The number of anilines is 1. The molecule has 0 spiro atoms. The Labute approximate surface area is 189 Å². The fourth-order valence-corrected chi connectivity index (χ4v) is 5.43. The second-order valence-corrected chi connectivity index (χ2v) is 9.46. The van der Waals surface area contributed by atoms with Gasteiger partial charge in [0, 0.05) is 5.69 Å². The van der Waals surface area contributed by atoms with Gasteiger partial charge in [-0.05, 0) is 68.1 Å². The first-order valence-electron chi connectivity index (χ1n) is 10.3. The third-order valence-electron chi connectivity index (χ3n) is 5.13. The normalized spacial score (nSPS) is 12.2. The molecule has 0 saturated carbocycles. The number of hydrogen-bond donors (Lipinski definition) is 2. The maximum Gasteiger partial charge on any atom is 0.242 e. The van der Waals surface area contributed by atoms with Gasteiger partial charge in [-0.15, -0.1) is 0 Å². The molecule has 0 fully saturated rings. The van der Waals surface area contributed by atoms with Crippen molar-refractivity contribution in [2.45, 2.75) is 38.1 Å². The highest BCUT2D eigenvalue weighted by atomic mass is 32.2. The highest BCUT2D eigenvalue weighted by molar-refractivity contribution is 7.89. The van der Waals surface area contributed by atoms with Crippen LogP contribution in [-0.4, -0.2) is 27.5 Å². The Hall–Kier alpha value is -3.16. The molecule has 32 heavy (non-hydrogen) atoms. The van der Waals surface area contributed by atoms with Crippen LogP contribution in [0.1, 0.15) is 22.3 Å². The maximum absolute atomic E-state index is 13.3. The Bertz CT molecular complexity index is 1170. The molecule has 1 amide bonds. The lowest BCUT2D eigenvalue weighted by molar-refractivity contribution is -0.117. The van der Waals surface area contributed by atoms with E-state index in [-0.39, 0.29) is 11.3 Å². The van der Waals surface area contributed by atoms with Crippen molar-refractivity contribution in [3.8, 4) is 5.75 Å². The second kappa shape index (κ2) is 9.97. The largest absolute Gasteiger partial charge is 0.497 e. The minimum atomic E-state index is -3.94. The van der Waals surface area contributed by atoms with E-state index in [0.29, 0.717) is 22.6 Å². The lowest BCUT2D eigenvalue weighted by atomic mass is 10.1. The average molecular weight is 453 g/mol. The first kappa shape index (κ1) is 23.5. The number of methoxy groups -OCH3 is 1. The minimum Gasteiger partial charge on any atom is -0.497 e. The monoisotopic (exact) mass is 452 g/mol. The lowest BCUT2D eigenvalue weighted by Crippen LogP contribution is -2.45. The van der Waals surface area contributed by atoms with Crippen molar-refractivity contribution < 1.29 is 17.9 Å². The molecular weight excluding hydrogens is 424 g/mol. The number of carbonyl (C=O) groups is 1. The summed E-state index contributed by atoms with van der Waals surface area (Å²) >= 11 is 0. The van der Waals surface area contributed by atoms with Gasteiger partial charge in [0.25, 0.3) is 0 Å². The summed E-state index contributed by atoms with van der Waals surface area (Å²) in [5.41, 5.74) is 3.67. The molecule has 0 heterocycles. The summed E-state index contributed by atoms with van der Waals surface area (Å²) in [5, 5.41) is 2.80. The minimum absolute atomic E-state index is 0.207. The van der Waals surface area contributed by atoms with Crippen LogP contribution in [0.3, 0.4) is 0 Å². The van der Waals surface area contributed by atoms with Gasteiger partial charge < -0.3 is 10.1 Å². The number of ether oxygens (including phenoxy) is 1. The van der Waals surface area contributed by atoms with Crippen LogP contribution >= 0.6 is 0 Å². The quantitative estimate of drug-likeness (QED) is 0.538. The molecule has 1 atom stereocenters. The third-order valence-corrected chi connectivity index (χ3v) is 6.90. The first-order valence-corrected chi connectivity index (χ1v) is 11.8. The molecule has 7 heteroatoms. The Morgan fingerprint density at radius 3 is 2.09 bits per heavy atom. The molecule has 3 aromatic rings. The Kier molecular flexibility index (Phi) is 7.33. The van der Waals surface area contributed by atoms with E-state index in [1.54, 1.807) is 45.2 Å². The van der Waals surface area contributed by atoms with Crippen LogP contribution < -0.4 is 14.8 Å². The Balaban J connectivity index is 1.90. The summed E-state index contributed by atoms with van der Waals surface area (Å²) in [6.07, 6.45) is 0.214. The number of nitrogens with one attached hydrogen (secondary N) is 2. The van der Waals surface area contributed by atoms with Gasteiger partial charge in [0.05, 0.1) is 12.0 Å². The molecule has 0 aromatic heterocycles. The Morgan fingerprint density at radius 2 is 1.53 bits per heavy atom. The number of hydrogen-bond acceptors (Lipinski definition) is 4. The molecule has 0 aliphatic carbocycles.